The molecular formula is C34H31FN6O2. The van der Waals surface area contributed by atoms with Crippen molar-refractivity contribution in [2.75, 3.05) is 24.5 Å². The molecule has 0 unspecified atom stereocenters. The van der Waals surface area contributed by atoms with Crippen LogP contribution in [-0.4, -0.2) is 50.9 Å². The number of benzene rings is 3. The predicted octanol–water partition coefficient (Wildman–Crippen LogP) is 5.27. The monoisotopic (exact) mass is 574 g/mol. The van der Waals surface area contributed by atoms with E-state index < -0.39 is 5.82 Å². The Morgan fingerprint density at radius 1 is 0.953 bits per heavy atom. The molecule has 0 aliphatic carbocycles. The van der Waals surface area contributed by atoms with E-state index in [1.165, 1.54) is 11.6 Å². The molecule has 2 amide bonds. The van der Waals surface area contributed by atoms with Crippen molar-refractivity contribution in [3.63, 3.8) is 0 Å². The van der Waals surface area contributed by atoms with E-state index in [9.17, 15) is 9.59 Å². The van der Waals surface area contributed by atoms with E-state index >= 15 is 4.39 Å². The first-order valence-corrected chi connectivity index (χ1v) is 14.6. The number of halogens is 1. The van der Waals surface area contributed by atoms with Crippen LogP contribution in [0.4, 0.5) is 10.1 Å². The van der Waals surface area contributed by atoms with Crippen LogP contribution in [0.5, 0.6) is 0 Å². The molecule has 8 nitrogen and oxygen atoms in total. The molecule has 2 N–H and O–H groups in total. The lowest BCUT2D eigenvalue weighted by Gasteiger charge is -2.35. The van der Waals surface area contributed by atoms with Gasteiger partial charge in [0.15, 0.2) is 5.65 Å². The third-order valence-electron chi connectivity index (χ3n) is 8.76. The van der Waals surface area contributed by atoms with Crippen LogP contribution in [0.2, 0.25) is 0 Å². The normalized spacial score (nSPS) is 18.2. The highest BCUT2D eigenvalue weighted by Crippen LogP contribution is 2.33. The van der Waals surface area contributed by atoms with Gasteiger partial charge in [0.2, 0.25) is 5.91 Å². The fraction of sp³-hybridized carbons (Fsp3) is 0.235. The van der Waals surface area contributed by atoms with Crippen molar-refractivity contribution in [3.8, 4) is 22.5 Å². The number of aromatic nitrogens is 3. The van der Waals surface area contributed by atoms with Gasteiger partial charge in [-0.1, -0.05) is 54.6 Å². The number of anilines is 1. The van der Waals surface area contributed by atoms with E-state index in [1.54, 1.807) is 22.7 Å². The predicted molar refractivity (Wildman–Crippen MR) is 163 cm³/mol. The standard InChI is InChI=1S/C34H31FN6O2/c1-21-26-10-6-5-7-22(26)14-16-40(21)34(43)30-18-31(23-8-3-2-4-9-23)41-32(37-30)19-29(38-41)27-12-11-25(17-28(27)35)39-15-13-24(20-39)33(36)42/h2-12,17-19,21,24H,13-16,20H2,1H3,(H2,36,42)/t21-,24+/m1/s1. The summed E-state index contributed by atoms with van der Waals surface area (Å²) < 4.78 is 17.2. The van der Waals surface area contributed by atoms with E-state index in [2.05, 4.69) is 12.1 Å². The molecule has 1 fully saturated rings. The maximum atomic E-state index is 15.6. The highest BCUT2D eigenvalue weighted by atomic mass is 19.1. The van der Waals surface area contributed by atoms with Crippen LogP contribution in [0.15, 0.2) is 84.9 Å². The number of hydrogen-bond acceptors (Lipinski definition) is 5. The van der Waals surface area contributed by atoms with Gasteiger partial charge in [-0.2, -0.15) is 5.10 Å². The minimum absolute atomic E-state index is 0.0856. The first kappa shape index (κ1) is 26.8. The van der Waals surface area contributed by atoms with Crippen molar-refractivity contribution in [1.29, 1.82) is 0 Å². The Bertz CT molecular complexity index is 1870. The van der Waals surface area contributed by atoms with Gasteiger partial charge in [0.05, 0.1) is 23.3 Å². The van der Waals surface area contributed by atoms with Gasteiger partial charge in [-0.05, 0) is 55.2 Å². The van der Waals surface area contributed by atoms with Crippen molar-refractivity contribution >= 4 is 23.1 Å². The van der Waals surface area contributed by atoms with Gasteiger partial charge in [0, 0.05) is 42.5 Å². The molecule has 2 aliphatic heterocycles. The molecule has 216 valence electrons. The summed E-state index contributed by atoms with van der Waals surface area (Å²) in [5.41, 5.74) is 11.7. The summed E-state index contributed by atoms with van der Waals surface area (Å²) >= 11 is 0. The lowest BCUT2D eigenvalue weighted by Crippen LogP contribution is -2.39. The molecule has 0 bridgehead atoms. The summed E-state index contributed by atoms with van der Waals surface area (Å²) in [4.78, 5) is 34.1. The topological polar surface area (TPSA) is 96.8 Å². The number of nitrogens with zero attached hydrogens (tertiary/aromatic N) is 5. The molecule has 4 heterocycles. The number of hydrogen-bond donors (Lipinski definition) is 1. The van der Waals surface area contributed by atoms with E-state index in [0.29, 0.717) is 60.0 Å². The number of primary amides is 1. The van der Waals surface area contributed by atoms with Gasteiger partial charge >= 0.3 is 0 Å². The Kier molecular flexibility index (Phi) is 6.65. The maximum Gasteiger partial charge on any atom is 0.273 e. The lowest BCUT2D eigenvalue weighted by atomic mass is 9.93. The molecule has 5 aromatic rings. The average Bonchev–Trinajstić information content (AvgIpc) is 3.69. The summed E-state index contributed by atoms with van der Waals surface area (Å²) in [5, 5.41) is 4.75. The summed E-state index contributed by atoms with van der Waals surface area (Å²) in [6.45, 7) is 3.77. The van der Waals surface area contributed by atoms with Gasteiger partial charge in [0.25, 0.3) is 5.91 Å². The van der Waals surface area contributed by atoms with Crippen molar-refractivity contribution in [3.05, 3.63) is 108 Å². The molecule has 0 saturated carbocycles. The molecule has 3 aromatic carbocycles. The fourth-order valence-electron chi connectivity index (χ4n) is 6.36. The van der Waals surface area contributed by atoms with Crippen molar-refractivity contribution in [2.24, 2.45) is 11.7 Å². The molecule has 0 spiro atoms. The molecule has 0 radical (unpaired) electrons. The van der Waals surface area contributed by atoms with Crippen molar-refractivity contribution < 1.29 is 14.0 Å². The Morgan fingerprint density at radius 3 is 2.51 bits per heavy atom. The highest BCUT2D eigenvalue weighted by molar-refractivity contribution is 5.94. The van der Waals surface area contributed by atoms with Gasteiger partial charge in [-0.15, -0.1) is 0 Å². The van der Waals surface area contributed by atoms with Crippen LogP contribution < -0.4 is 10.6 Å². The summed E-state index contributed by atoms with van der Waals surface area (Å²) in [6.07, 6.45) is 1.44. The zero-order valence-corrected chi connectivity index (χ0v) is 23.8. The Balaban J connectivity index is 1.26. The SMILES string of the molecule is C[C@@H]1c2ccccc2CCN1C(=O)c1cc(-c2ccccc2)n2nc(-c3ccc(N4CC[C@H](C(N)=O)C4)cc3F)cc2n1. The first-order valence-electron chi connectivity index (χ1n) is 14.6. The Morgan fingerprint density at radius 2 is 1.74 bits per heavy atom. The molecule has 1 saturated heterocycles. The smallest absolute Gasteiger partial charge is 0.273 e. The number of carbonyl (C=O) groups excluding carboxylic acids is 2. The van der Waals surface area contributed by atoms with Crippen LogP contribution in [0.3, 0.4) is 0 Å². The largest absolute Gasteiger partial charge is 0.371 e. The fourth-order valence-corrected chi connectivity index (χ4v) is 6.36. The summed E-state index contributed by atoms with van der Waals surface area (Å²) in [6, 6.07) is 26.3. The molecule has 2 aromatic heterocycles. The molecule has 7 rings (SSSR count). The minimum atomic E-state index is -0.429. The molecular weight excluding hydrogens is 543 g/mol. The number of amides is 2. The van der Waals surface area contributed by atoms with Gasteiger partial charge in [0.1, 0.15) is 11.5 Å². The van der Waals surface area contributed by atoms with Crippen molar-refractivity contribution in [2.45, 2.75) is 25.8 Å². The average molecular weight is 575 g/mol. The lowest BCUT2D eigenvalue weighted by molar-refractivity contribution is -0.121. The van der Waals surface area contributed by atoms with Crippen LogP contribution >= 0.6 is 0 Å². The second kappa shape index (κ2) is 10.7. The van der Waals surface area contributed by atoms with Crippen LogP contribution in [0.1, 0.15) is 41.0 Å². The van der Waals surface area contributed by atoms with Gasteiger partial charge in [-0.25, -0.2) is 13.9 Å². The first-order chi connectivity index (χ1) is 20.9. The third-order valence-corrected chi connectivity index (χ3v) is 8.76. The maximum absolute atomic E-state index is 15.6. The zero-order valence-electron chi connectivity index (χ0n) is 23.8. The number of nitrogens with two attached hydrogens (primary N) is 1. The van der Waals surface area contributed by atoms with Crippen LogP contribution in [0.25, 0.3) is 28.2 Å². The zero-order chi connectivity index (χ0) is 29.7. The molecule has 2 atom stereocenters. The van der Waals surface area contributed by atoms with Gasteiger partial charge < -0.3 is 15.5 Å². The third kappa shape index (κ3) is 4.80. The van der Waals surface area contributed by atoms with Crippen LogP contribution in [0, 0.1) is 11.7 Å². The van der Waals surface area contributed by atoms with E-state index in [1.807, 2.05) is 65.3 Å². The molecule has 9 heteroatoms. The van der Waals surface area contributed by atoms with Crippen molar-refractivity contribution in [1.82, 2.24) is 19.5 Å². The van der Waals surface area contributed by atoms with Crippen LogP contribution in [-0.2, 0) is 11.2 Å². The van der Waals surface area contributed by atoms with E-state index in [-0.39, 0.29) is 23.8 Å². The quantitative estimate of drug-likeness (QED) is 0.308. The number of fused-ring (bicyclic) bond motifs is 2. The van der Waals surface area contributed by atoms with Gasteiger partial charge in [-0.3, -0.25) is 9.59 Å². The summed E-state index contributed by atoms with van der Waals surface area (Å²) in [7, 11) is 0. The Hall–Kier alpha value is -5.05. The molecule has 2 aliphatic rings. The minimum Gasteiger partial charge on any atom is -0.371 e. The molecule has 43 heavy (non-hydrogen) atoms. The second-order valence-electron chi connectivity index (χ2n) is 11.3. The summed E-state index contributed by atoms with van der Waals surface area (Å²) in [5.74, 6) is -1.15. The number of carbonyl (C=O) groups is 2. The van der Waals surface area contributed by atoms with E-state index in [0.717, 1.165) is 17.5 Å². The highest BCUT2D eigenvalue weighted by Gasteiger charge is 2.30. The number of rotatable bonds is 5. The second-order valence-corrected chi connectivity index (χ2v) is 11.3. The van der Waals surface area contributed by atoms with E-state index in [4.69, 9.17) is 15.8 Å². The Labute approximate surface area is 248 Å².